The first-order valence-corrected chi connectivity index (χ1v) is 16.8. The zero-order chi connectivity index (χ0) is 19.9. The molecule has 0 spiro atoms. The second-order valence-electron chi connectivity index (χ2n) is 7.90. The SMILES string of the molecule is CCC[CH2][Sn]1([CH2]CCC)[O]C(=O)C(C)C(CC(C)c2ccccc2)C(=O)[O]1. The van der Waals surface area contributed by atoms with Gasteiger partial charge in [-0.25, -0.2) is 0 Å². The van der Waals surface area contributed by atoms with E-state index >= 15 is 0 Å². The molecule has 1 saturated heterocycles. The second-order valence-corrected chi connectivity index (χ2v) is 17.1. The van der Waals surface area contributed by atoms with Crippen LogP contribution in [0.5, 0.6) is 0 Å². The molecule has 0 aromatic heterocycles. The molecule has 0 saturated carbocycles. The predicted octanol–water partition coefficient (Wildman–Crippen LogP) is 5.57. The summed E-state index contributed by atoms with van der Waals surface area (Å²) in [7, 11) is 0. The first kappa shape index (κ1) is 22.2. The Hall–Kier alpha value is -1.04. The molecule has 1 heterocycles. The minimum absolute atomic E-state index is 0.188. The van der Waals surface area contributed by atoms with Crippen LogP contribution < -0.4 is 0 Å². The molecule has 3 unspecified atom stereocenters. The molecule has 2 rings (SSSR count). The predicted molar refractivity (Wildman–Crippen MR) is 109 cm³/mol. The average Bonchev–Trinajstić information content (AvgIpc) is 2.76. The molecule has 0 bridgehead atoms. The summed E-state index contributed by atoms with van der Waals surface area (Å²) >= 11 is -3.70. The van der Waals surface area contributed by atoms with Crippen LogP contribution in [0, 0.1) is 11.8 Å². The van der Waals surface area contributed by atoms with Gasteiger partial charge in [-0.05, 0) is 0 Å². The third kappa shape index (κ3) is 5.97. The van der Waals surface area contributed by atoms with E-state index in [0.29, 0.717) is 6.42 Å². The zero-order valence-electron chi connectivity index (χ0n) is 17.2. The molecular formula is C22H34O4Sn. The molecule has 1 aromatic rings. The van der Waals surface area contributed by atoms with Crippen molar-refractivity contribution in [3.63, 3.8) is 0 Å². The van der Waals surface area contributed by atoms with Crippen LogP contribution >= 0.6 is 0 Å². The van der Waals surface area contributed by atoms with E-state index in [9.17, 15) is 9.59 Å². The third-order valence-electron chi connectivity index (χ3n) is 5.65. The fourth-order valence-corrected chi connectivity index (χ4v) is 13.9. The molecule has 1 fully saturated rings. The topological polar surface area (TPSA) is 52.6 Å². The van der Waals surface area contributed by atoms with Gasteiger partial charge in [-0.15, -0.1) is 0 Å². The number of benzene rings is 1. The standard InChI is InChI=1S/C14H18O4.2C4H9.Sn/c1-9(11-6-4-3-5-7-11)8-12(14(17)18)10(2)13(15)16;2*1-3-4-2;/h3-7,9-10,12H,8H2,1-2H3,(H,15,16)(H,17,18);2*1,3-4H2,2H3;/q;;;+2/p-2. The molecule has 0 N–H and O–H groups in total. The molecule has 1 aliphatic heterocycles. The molecule has 0 aliphatic carbocycles. The van der Waals surface area contributed by atoms with Crippen molar-refractivity contribution in [2.45, 2.75) is 74.6 Å². The van der Waals surface area contributed by atoms with E-state index in [0.717, 1.165) is 34.6 Å². The Labute approximate surface area is 169 Å². The molecule has 5 heteroatoms. The van der Waals surface area contributed by atoms with Gasteiger partial charge in [0.1, 0.15) is 0 Å². The number of hydrogen-bond donors (Lipinski definition) is 0. The fourth-order valence-electron chi connectivity index (χ4n) is 3.74. The van der Waals surface area contributed by atoms with E-state index in [1.54, 1.807) is 0 Å². The van der Waals surface area contributed by atoms with Crippen LogP contribution in [0.25, 0.3) is 0 Å². The molecule has 150 valence electrons. The van der Waals surface area contributed by atoms with Crippen molar-refractivity contribution in [2.75, 3.05) is 0 Å². The average molecular weight is 481 g/mol. The Morgan fingerprint density at radius 3 is 2.07 bits per heavy atom. The van der Waals surface area contributed by atoms with Gasteiger partial charge in [-0.2, -0.15) is 0 Å². The van der Waals surface area contributed by atoms with Crippen molar-refractivity contribution >= 4 is 31.1 Å². The Morgan fingerprint density at radius 2 is 1.52 bits per heavy atom. The summed E-state index contributed by atoms with van der Waals surface area (Å²) in [5.74, 6) is -1.08. The number of carbonyl (C=O) groups excluding carboxylic acids is 2. The van der Waals surface area contributed by atoms with Gasteiger partial charge in [-0.3, -0.25) is 0 Å². The number of rotatable bonds is 9. The summed E-state index contributed by atoms with van der Waals surface area (Å²) in [4.78, 5) is 25.9. The van der Waals surface area contributed by atoms with E-state index in [1.165, 1.54) is 5.56 Å². The Morgan fingerprint density at radius 1 is 0.963 bits per heavy atom. The Balaban J connectivity index is 2.20. The Kier molecular flexibility index (Phi) is 8.64. The van der Waals surface area contributed by atoms with Gasteiger partial charge in [0.25, 0.3) is 0 Å². The summed E-state index contributed by atoms with van der Waals surface area (Å²) < 4.78 is 13.7. The molecule has 1 aromatic carbocycles. The quantitative estimate of drug-likeness (QED) is 0.433. The van der Waals surface area contributed by atoms with E-state index in [1.807, 2.05) is 25.1 Å². The minimum atomic E-state index is -3.70. The van der Waals surface area contributed by atoms with Gasteiger partial charge in [0, 0.05) is 0 Å². The van der Waals surface area contributed by atoms with Crippen molar-refractivity contribution < 1.29 is 15.7 Å². The summed E-state index contributed by atoms with van der Waals surface area (Å²) in [6, 6.07) is 10.1. The van der Waals surface area contributed by atoms with Crippen LogP contribution in [0.1, 0.15) is 71.3 Å². The molecule has 0 amide bonds. The normalized spacial score (nSPS) is 23.3. The van der Waals surface area contributed by atoms with Gasteiger partial charge >= 0.3 is 169 Å². The third-order valence-corrected chi connectivity index (χ3v) is 15.3. The molecule has 4 nitrogen and oxygen atoms in total. The van der Waals surface area contributed by atoms with Crippen LogP contribution in [0.4, 0.5) is 0 Å². The summed E-state index contributed by atoms with van der Waals surface area (Å²) in [6.45, 7) is 8.17. The number of carbonyl (C=O) groups is 2. The van der Waals surface area contributed by atoms with Gasteiger partial charge in [0.05, 0.1) is 0 Å². The zero-order valence-corrected chi connectivity index (χ0v) is 20.1. The molecular weight excluding hydrogens is 447 g/mol. The van der Waals surface area contributed by atoms with Gasteiger partial charge in [-0.1, -0.05) is 0 Å². The fraction of sp³-hybridized carbons (Fsp3) is 0.636. The monoisotopic (exact) mass is 482 g/mol. The maximum absolute atomic E-state index is 13.1. The summed E-state index contributed by atoms with van der Waals surface area (Å²) in [6.07, 6.45) is 4.57. The maximum atomic E-state index is 13.1. The van der Waals surface area contributed by atoms with Crippen LogP contribution in [0.2, 0.25) is 8.87 Å². The van der Waals surface area contributed by atoms with E-state index < -0.39 is 31.0 Å². The molecule has 0 radical (unpaired) electrons. The van der Waals surface area contributed by atoms with Crippen molar-refractivity contribution in [3.8, 4) is 0 Å². The second kappa shape index (κ2) is 10.5. The summed E-state index contributed by atoms with van der Waals surface area (Å²) in [5.41, 5.74) is 1.18. The Bertz CT molecular complexity index is 608. The van der Waals surface area contributed by atoms with Crippen molar-refractivity contribution in [1.29, 1.82) is 0 Å². The first-order valence-electron chi connectivity index (χ1n) is 10.4. The number of unbranched alkanes of at least 4 members (excludes halogenated alkanes) is 2. The van der Waals surface area contributed by atoms with Crippen molar-refractivity contribution in [2.24, 2.45) is 11.8 Å². The van der Waals surface area contributed by atoms with Crippen LogP contribution in [0.3, 0.4) is 0 Å². The van der Waals surface area contributed by atoms with Crippen LogP contribution in [-0.2, 0) is 15.7 Å². The van der Waals surface area contributed by atoms with Crippen molar-refractivity contribution in [3.05, 3.63) is 35.9 Å². The van der Waals surface area contributed by atoms with Gasteiger partial charge in [0.15, 0.2) is 0 Å². The van der Waals surface area contributed by atoms with E-state index in [-0.39, 0.29) is 17.9 Å². The molecule has 27 heavy (non-hydrogen) atoms. The van der Waals surface area contributed by atoms with E-state index in [4.69, 9.17) is 6.15 Å². The van der Waals surface area contributed by atoms with Gasteiger partial charge in [0.2, 0.25) is 0 Å². The summed E-state index contributed by atoms with van der Waals surface area (Å²) in [5, 5.41) is 0. The first-order chi connectivity index (χ1) is 12.9. The van der Waals surface area contributed by atoms with E-state index in [2.05, 4.69) is 32.9 Å². The van der Waals surface area contributed by atoms with Crippen molar-refractivity contribution in [1.82, 2.24) is 0 Å². The molecule has 1 aliphatic rings. The molecule has 3 atom stereocenters. The van der Waals surface area contributed by atoms with Gasteiger partial charge < -0.3 is 0 Å². The number of hydrogen-bond acceptors (Lipinski definition) is 4. The van der Waals surface area contributed by atoms with Crippen LogP contribution in [0.15, 0.2) is 30.3 Å². The van der Waals surface area contributed by atoms with Crippen LogP contribution in [-0.4, -0.2) is 31.1 Å².